The van der Waals surface area contributed by atoms with Crippen molar-refractivity contribution in [2.45, 2.75) is 25.2 Å². The molecule has 1 aliphatic rings. The van der Waals surface area contributed by atoms with E-state index in [2.05, 4.69) is 15.5 Å². The average Bonchev–Trinajstić information content (AvgIpc) is 3.05. The predicted molar refractivity (Wildman–Crippen MR) is 102 cm³/mol. The highest BCUT2D eigenvalue weighted by molar-refractivity contribution is 7.99. The highest BCUT2D eigenvalue weighted by Crippen LogP contribution is 2.21. The van der Waals surface area contributed by atoms with Crippen molar-refractivity contribution in [3.8, 4) is 0 Å². The normalized spacial score (nSPS) is 15.1. The van der Waals surface area contributed by atoms with Gasteiger partial charge in [-0.05, 0) is 25.1 Å². The summed E-state index contributed by atoms with van der Waals surface area (Å²) in [5.41, 5.74) is 0.459. The molecule has 2 aromatic rings. The molecule has 0 spiro atoms. The van der Waals surface area contributed by atoms with Crippen molar-refractivity contribution in [2.75, 3.05) is 37.4 Å². The minimum Gasteiger partial charge on any atom is -0.370 e. The van der Waals surface area contributed by atoms with E-state index in [1.54, 1.807) is 0 Å². The molecule has 0 bridgehead atoms. The summed E-state index contributed by atoms with van der Waals surface area (Å²) in [6.45, 7) is 7.03. The van der Waals surface area contributed by atoms with E-state index in [4.69, 9.17) is 16.3 Å². The molecule has 146 valence electrons. The van der Waals surface area contributed by atoms with Crippen molar-refractivity contribution in [3.63, 3.8) is 0 Å². The van der Waals surface area contributed by atoms with Crippen LogP contribution in [-0.2, 0) is 22.6 Å². The van der Waals surface area contributed by atoms with E-state index < -0.39 is 5.82 Å². The number of rotatable bonds is 7. The number of hydrogen-bond acceptors (Lipinski definition) is 5. The summed E-state index contributed by atoms with van der Waals surface area (Å²) < 4.78 is 20.6. The van der Waals surface area contributed by atoms with E-state index in [-0.39, 0.29) is 16.7 Å². The van der Waals surface area contributed by atoms with Crippen LogP contribution in [0, 0.1) is 5.82 Å². The maximum Gasteiger partial charge on any atom is 0.234 e. The van der Waals surface area contributed by atoms with Crippen LogP contribution in [0.15, 0.2) is 23.4 Å². The summed E-state index contributed by atoms with van der Waals surface area (Å²) >= 11 is 7.06. The lowest BCUT2D eigenvalue weighted by atomic mass is 10.3. The third kappa shape index (κ3) is 5.41. The Hall–Kier alpha value is -1.68. The zero-order chi connectivity index (χ0) is 19.2. The van der Waals surface area contributed by atoms with Gasteiger partial charge in [-0.3, -0.25) is 4.79 Å². The van der Waals surface area contributed by atoms with Crippen molar-refractivity contribution in [1.29, 1.82) is 0 Å². The van der Waals surface area contributed by atoms with Crippen LogP contribution in [0.1, 0.15) is 12.7 Å². The Morgan fingerprint density at radius 3 is 2.89 bits per heavy atom. The largest absolute Gasteiger partial charge is 0.370 e. The molecular formula is C17H22ClFN5O2S+. The molecule has 0 unspecified atom stereocenters. The van der Waals surface area contributed by atoms with Crippen LogP contribution in [0.3, 0.4) is 0 Å². The van der Waals surface area contributed by atoms with Crippen LogP contribution < -0.4 is 10.2 Å². The lowest BCUT2D eigenvalue weighted by molar-refractivity contribution is -0.922. The zero-order valence-corrected chi connectivity index (χ0v) is 16.6. The number of halogens is 2. The molecule has 1 aromatic carbocycles. The van der Waals surface area contributed by atoms with Gasteiger partial charge in [0.2, 0.25) is 5.91 Å². The van der Waals surface area contributed by atoms with Crippen LogP contribution in [0.2, 0.25) is 5.02 Å². The van der Waals surface area contributed by atoms with Crippen LogP contribution in [0.25, 0.3) is 0 Å². The van der Waals surface area contributed by atoms with Crippen molar-refractivity contribution >= 4 is 35.0 Å². The quantitative estimate of drug-likeness (QED) is 0.667. The highest BCUT2D eigenvalue weighted by Gasteiger charge is 2.20. The lowest BCUT2D eigenvalue weighted by Crippen LogP contribution is -3.12. The van der Waals surface area contributed by atoms with E-state index >= 15 is 0 Å². The van der Waals surface area contributed by atoms with Crippen LogP contribution >= 0.6 is 23.4 Å². The maximum atomic E-state index is 13.2. The Bertz CT molecular complexity index is 798. The fourth-order valence-electron chi connectivity index (χ4n) is 2.84. The number of benzene rings is 1. The van der Waals surface area contributed by atoms with Gasteiger partial charge in [-0.1, -0.05) is 23.4 Å². The van der Waals surface area contributed by atoms with Gasteiger partial charge >= 0.3 is 0 Å². The van der Waals surface area contributed by atoms with Gasteiger partial charge in [-0.15, -0.1) is 10.2 Å². The van der Waals surface area contributed by atoms with Gasteiger partial charge < -0.3 is 19.5 Å². The molecule has 7 nitrogen and oxygen atoms in total. The fourth-order valence-corrected chi connectivity index (χ4v) is 3.84. The number of ether oxygens (including phenoxy) is 1. The van der Waals surface area contributed by atoms with Gasteiger partial charge in [-0.25, -0.2) is 4.39 Å². The summed E-state index contributed by atoms with van der Waals surface area (Å²) in [5.74, 6) is 0.365. The number of anilines is 1. The summed E-state index contributed by atoms with van der Waals surface area (Å²) in [7, 11) is 0. The summed E-state index contributed by atoms with van der Waals surface area (Å²) in [5, 5.41) is 11.9. The van der Waals surface area contributed by atoms with Gasteiger partial charge in [0.25, 0.3) is 0 Å². The topological polar surface area (TPSA) is 73.5 Å². The first kappa shape index (κ1) is 20.1. The maximum absolute atomic E-state index is 13.2. The average molecular weight is 415 g/mol. The molecule has 0 radical (unpaired) electrons. The number of quaternary nitrogens is 1. The molecule has 1 aromatic heterocycles. The zero-order valence-electron chi connectivity index (χ0n) is 15.0. The first-order valence-electron chi connectivity index (χ1n) is 8.78. The summed E-state index contributed by atoms with van der Waals surface area (Å²) in [6, 6.07) is 4.08. The Labute approximate surface area is 166 Å². The number of carbonyl (C=O) groups excluding carboxylic acids is 1. The van der Waals surface area contributed by atoms with E-state index in [1.807, 2.05) is 11.5 Å². The van der Waals surface area contributed by atoms with E-state index in [0.717, 1.165) is 45.2 Å². The third-order valence-corrected chi connectivity index (χ3v) is 5.51. The first-order valence-corrected chi connectivity index (χ1v) is 10.1. The molecule has 3 rings (SSSR count). The van der Waals surface area contributed by atoms with Gasteiger partial charge in [-0.2, -0.15) is 0 Å². The summed E-state index contributed by atoms with van der Waals surface area (Å²) in [6.07, 6.45) is 0. The van der Waals surface area contributed by atoms with Crippen molar-refractivity contribution in [3.05, 3.63) is 34.9 Å². The molecule has 1 saturated heterocycles. The first-order chi connectivity index (χ1) is 13.1. The highest BCUT2D eigenvalue weighted by atomic mass is 35.5. The molecule has 2 heterocycles. The minimum absolute atomic E-state index is 0.0265. The van der Waals surface area contributed by atoms with Crippen molar-refractivity contribution < 1.29 is 18.8 Å². The second-order valence-electron chi connectivity index (χ2n) is 6.15. The number of amides is 1. The number of carbonyl (C=O) groups is 1. The number of hydrogen-bond donors (Lipinski definition) is 2. The minimum atomic E-state index is -0.519. The number of aromatic nitrogens is 3. The second kappa shape index (κ2) is 9.50. The molecule has 0 atom stereocenters. The van der Waals surface area contributed by atoms with Crippen LogP contribution in [0.4, 0.5) is 10.1 Å². The van der Waals surface area contributed by atoms with E-state index in [1.165, 1.54) is 34.9 Å². The van der Waals surface area contributed by atoms with Gasteiger partial charge in [0, 0.05) is 12.2 Å². The lowest BCUT2D eigenvalue weighted by Gasteiger charge is -2.23. The second-order valence-corrected chi connectivity index (χ2v) is 7.50. The monoisotopic (exact) mass is 414 g/mol. The van der Waals surface area contributed by atoms with Crippen molar-refractivity contribution in [1.82, 2.24) is 14.8 Å². The molecule has 27 heavy (non-hydrogen) atoms. The Morgan fingerprint density at radius 2 is 2.19 bits per heavy atom. The molecule has 1 fully saturated rings. The van der Waals surface area contributed by atoms with E-state index in [9.17, 15) is 9.18 Å². The van der Waals surface area contributed by atoms with Crippen molar-refractivity contribution in [2.24, 2.45) is 0 Å². The Balaban J connectivity index is 1.56. The van der Waals surface area contributed by atoms with Crippen LogP contribution in [0.5, 0.6) is 0 Å². The number of morpholine rings is 1. The van der Waals surface area contributed by atoms with Gasteiger partial charge in [0.15, 0.2) is 11.0 Å². The predicted octanol–water partition coefficient (Wildman–Crippen LogP) is 1.24. The van der Waals surface area contributed by atoms with Crippen LogP contribution in [-0.4, -0.2) is 52.7 Å². The van der Waals surface area contributed by atoms with Gasteiger partial charge in [0.1, 0.15) is 25.5 Å². The smallest absolute Gasteiger partial charge is 0.234 e. The molecule has 1 aliphatic heterocycles. The summed E-state index contributed by atoms with van der Waals surface area (Å²) in [4.78, 5) is 13.6. The number of nitrogens with zero attached hydrogens (tertiary/aromatic N) is 3. The van der Waals surface area contributed by atoms with E-state index in [0.29, 0.717) is 10.8 Å². The molecule has 1 amide bonds. The molecule has 0 saturated carbocycles. The Kier molecular flexibility index (Phi) is 7.06. The third-order valence-electron chi connectivity index (χ3n) is 4.25. The molecule has 2 N–H and O–H groups in total. The number of nitrogens with one attached hydrogen (secondary N) is 2. The standard InChI is InChI=1S/C17H21ClFN5O2S/c1-2-24-15(10-23-5-7-26-8-6-23)21-22-17(24)27-11-16(25)20-12-3-4-14(19)13(18)9-12/h3-4,9H,2,5-8,10-11H2,1H3,(H,20,25)/p+1. The SMILES string of the molecule is CCn1c(C[NH+]2CCOCC2)nnc1SCC(=O)Nc1ccc(F)c(Cl)c1. The number of thioether (sulfide) groups is 1. The fraction of sp³-hybridized carbons (Fsp3) is 0.471. The molecular weight excluding hydrogens is 393 g/mol. The molecule has 0 aliphatic carbocycles. The van der Waals surface area contributed by atoms with Gasteiger partial charge in [0.05, 0.1) is 24.0 Å². The Morgan fingerprint density at radius 1 is 1.41 bits per heavy atom. The molecule has 10 heteroatoms.